The van der Waals surface area contributed by atoms with Crippen LogP contribution in [0.4, 0.5) is 4.79 Å². The van der Waals surface area contributed by atoms with Crippen LogP contribution in [0.15, 0.2) is 0 Å². The molecule has 0 aromatic rings. The molecule has 0 spiro atoms. The molecule has 1 saturated heterocycles. The van der Waals surface area contributed by atoms with Crippen LogP contribution in [0.3, 0.4) is 0 Å². The van der Waals surface area contributed by atoms with E-state index in [2.05, 4.69) is 0 Å². The molecule has 6 heteroatoms. The number of carbonyl (C=O) groups is 2. The van der Waals surface area contributed by atoms with Gasteiger partial charge in [-0.05, 0) is 0 Å². The maximum Gasteiger partial charge on any atom is 0.252 e. The van der Waals surface area contributed by atoms with Crippen molar-refractivity contribution in [2.24, 2.45) is 5.92 Å². The summed E-state index contributed by atoms with van der Waals surface area (Å²) in [6, 6.07) is 0. The predicted molar refractivity (Wildman–Crippen MR) is 46.0 cm³/mol. The van der Waals surface area contributed by atoms with Gasteiger partial charge in [0.1, 0.15) is 0 Å². The van der Waals surface area contributed by atoms with Crippen molar-refractivity contribution in [2.75, 3.05) is 27.2 Å². The van der Waals surface area contributed by atoms with E-state index >= 15 is 0 Å². The van der Waals surface area contributed by atoms with E-state index in [0.29, 0.717) is 13.1 Å². The van der Waals surface area contributed by atoms with Gasteiger partial charge in [0.2, 0.25) is 7.85 Å². The molecule has 1 rings (SSSR count). The van der Waals surface area contributed by atoms with Crippen LogP contribution in [-0.4, -0.2) is 56.8 Å². The van der Waals surface area contributed by atoms with Crippen molar-refractivity contribution in [1.82, 2.24) is 9.96 Å². The van der Waals surface area contributed by atoms with Crippen molar-refractivity contribution < 1.29 is 14.4 Å². The quantitative estimate of drug-likeness (QED) is 0.416. The summed E-state index contributed by atoms with van der Waals surface area (Å²) in [5, 5.41) is 1.16. The number of amides is 2. The van der Waals surface area contributed by atoms with Crippen LogP contribution in [-0.2, 0) is 9.63 Å². The van der Waals surface area contributed by atoms with E-state index in [1.165, 1.54) is 19.1 Å². The summed E-state index contributed by atoms with van der Waals surface area (Å²) in [6.45, 7) is 0.781. The molecule has 13 heavy (non-hydrogen) atoms. The predicted octanol–water partition coefficient (Wildman–Crippen LogP) is -0.773. The largest absolute Gasteiger partial charge is 0.351 e. The van der Waals surface area contributed by atoms with E-state index in [0.717, 1.165) is 5.06 Å². The lowest BCUT2D eigenvalue weighted by atomic mass is 9.95. The fourth-order valence-electron chi connectivity index (χ4n) is 1.16. The molecule has 1 fully saturated rings. The molecule has 0 saturated carbocycles. The topological polar surface area (TPSA) is 49.9 Å². The Hall–Kier alpha value is -1.04. The summed E-state index contributed by atoms with van der Waals surface area (Å²) in [5.74, 6) is -0.776. The first kappa shape index (κ1) is 10.0. The third kappa shape index (κ3) is 2.00. The van der Waals surface area contributed by atoms with Gasteiger partial charge < -0.3 is 4.90 Å². The summed E-state index contributed by atoms with van der Waals surface area (Å²) in [4.78, 5) is 28.1. The Morgan fingerprint density at radius 1 is 1.54 bits per heavy atom. The van der Waals surface area contributed by atoms with Crippen molar-refractivity contribution in [3.63, 3.8) is 0 Å². The van der Waals surface area contributed by atoms with Gasteiger partial charge in [-0.2, -0.15) is 0 Å². The van der Waals surface area contributed by atoms with Crippen LogP contribution in [0.1, 0.15) is 0 Å². The van der Waals surface area contributed by atoms with E-state index in [4.69, 9.17) is 12.7 Å². The molecular weight excluding hydrogens is 171 g/mol. The number of nitrogens with zero attached hydrogens (tertiary/aromatic N) is 2. The van der Waals surface area contributed by atoms with Gasteiger partial charge in [0.25, 0.3) is 5.91 Å². The first-order valence-electron chi connectivity index (χ1n) is 3.92. The lowest BCUT2D eigenvalue weighted by molar-refractivity contribution is -0.177. The van der Waals surface area contributed by atoms with Gasteiger partial charge in [0.05, 0.1) is 13.0 Å². The highest BCUT2D eigenvalue weighted by Crippen LogP contribution is 2.17. The van der Waals surface area contributed by atoms with Crippen LogP contribution in [0.2, 0.25) is 0 Å². The Morgan fingerprint density at radius 2 is 2.08 bits per heavy atom. The van der Waals surface area contributed by atoms with E-state index < -0.39 is 5.81 Å². The molecule has 1 heterocycles. The van der Waals surface area contributed by atoms with Gasteiger partial charge in [-0.15, -0.1) is 0 Å². The zero-order valence-corrected chi connectivity index (χ0v) is 7.69. The van der Waals surface area contributed by atoms with Gasteiger partial charge in [0, 0.05) is 20.1 Å². The van der Waals surface area contributed by atoms with Gasteiger partial charge in [0.15, 0.2) is 5.81 Å². The van der Waals surface area contributed by atoms with Crippen LogP contribution in [0.5, 0.6) is 0 Å². The molecule has 0 atom stereocenters. The zero-order chi connectivity index (χ0) is 10.0. The highest BCUT2D eigenvalue weighted by molar-refractivity contribution is 6.57. The van der Waals surface area contributed by atoms with Gasteiger partial charge in [-0.1, -0.05) is 0 Å². The van der Waals surface area contributed by atoms with E-state index in [9.17, 15) is 9.59 Å². The van der Waals surface area contributed by atoms with Crippen molar-refractivity contribution in [3.05, 3.63) is 0 Å². The number of likely N-dealkylation sites (tertiary alicyclic amines) is 1. The maximum absolute atomic E-state index is 11.3. The lowest BCUT2D eigenvalue weighted by Crippen LogP contribution is -2.55. The van der Waals surface area contributed by atoms with Crippen LogP contribution >= 0.6 is 0 Å². The molecular formula is C7H11BN2O3. The minimum Gasteiger partial charge on any atom is -0.351 e. The number of hydroxylamine groups is 2. The Balaban J connectivity index is 2.35. The zero-order valence-electron chi connectivity index (χ0n) is 7.69. The molecule has 2 amide bonds. The molecule has 1 aliphatic heterocycles. The van der Waals surface area contributed by atoms with Gasteiger partial charge >= 0.3 is 0 Å². The number of hydrogen-bond donors (Lipinski definition) is 0. The summed E-state index contributed by atoms with van der Waals surface area (Å²) in [6.07, 6.45) is 0. The summed E-state index contributed by atoms with van der Waals surface area (Å²) < 4.78 is 0. The average Bonchev–Trinajstić information content (AvgIpc) is 1.99. The van der Waals surface area contributed by atoms with Crippen molar-refractivity contribution in [3.8, 4) is 0 Å². The summed E-state index contributed by atoms with van der Waals surface area (Å²) in [5.41, 5.74) is 0. The minimum absolute atomic E-state index is 0.125. The van der Waals surface area contributed by atoms with Crippen LogP contribution in [0.25, 0.3) is 0 Å². The monoisotopic (exact) mass is 182 g/mol. The fourth-order valence-corrected chi connectivity index (χ4v) is 1.16. The Morgan fingerprint density at radius 3 is 2.46 bits per heavy atom. The second-order valence-corrected chi connectivity index (χ2v) is 2.96. The highest BCUT2D eigenvalue weighted by Gasteiger charge is 2.35. The SMILES string of the molecule is [B]C(=O)N1CC(C(=O)N(C)OC)C1. The van der Waals surface area contributed by atoms with E-state index in [1.54, 1.807) is 0 Å². The average molecular weight is 182 g/mol. The molecule has 0 unspecified atom stereocenters. The normalized spacial score (nSPS) is 16.6. The first-order valence-corrected chi connectivity index (χ1v) is 3.92. The molecule has 5 nitrogen and oxygen atoms in total. The number of hydrogen-bond acceptors (Lipinski definition) is 3. The smallest absolute Gasteiger partial charge is 0.252 e. The molecule has 0 aliphatic carbocycles. The molecule has 0 N–H and O–H groups in total. The van der Waals surface area contributed by atoms with Gasteiger partial charge in [-0.3, -0.25) is 14.4 Å². The van der Waals surface area contributed by atoms with Crippen molar-refractivity contribution in [2.45, 2.75) is 0 Å². The highest BCUT2D eigenvalue weighted by atomic mass is 16.7. The second kappa shape index (κ2) is 3.78. The number of carbonyl (C=O) groups excluding carboxylic acids is 2. The Bertz CT molecular complexity index is 228. The van der Waals surface area contributed by atoms with Crippen molar-refractivity contribution in [1.29, 1.82) is 0 Å². The second-order valence-electron chi connectivity index (χ2n) is 2.96. The molecule has 0 bridgehead atoms. The summed E-state index contributed by atoms with van der Waals surface area (Å²) in [7, 11) is 7.96. The molecule has 1 aliphatic rings. The standard InChI is InChI=1S/C7H11BN2O3/c1-9(13-2)6(11)5-3-10(4-5)7(8)12/h5H,3-4H2,1-2H3. The Labute approximate surface area is 78.0 Å². The fraction of sp³-hybridized carbons (Fsp3) is 0.714. The third-order valence-corrected chi connectivity index (χ3v) is 2.13. The molecule has 70 valence electrons. The number of rotatable bonds is 2. The van der Waals surface area contributed by atoms with Crippen LogP contribution in [0, 0.1) is 5.92 Å². The van der Waals surface area contributed by atoms with Crippen LogP contribution < -0.4 is 0 Å². The molecule has 0 aromatic carbocycles. The lowest BCUT2D eigenvalue weighted by Gasteiger charge is -2.39. The third-order valence-electron chi connectivity index (χ3n) is 2.13. The Kier molecular flexibility index (Phi) is 2.92. The van der Waals surface area contributed by atoms with E-state index in [-0.39, 0.29) is 11.8 Å². The molecule has 2 radical (unpaired) electrons. The molecule has 0 aromatic heterocycles. The summed E-state index contributed by atoms with van der Waals surface area (Å²) >= 11 is 0. The van der Waals surface area contributed by atoms with Crippen molar-refractivity contribution >= 4 is 19.6 Å². The first-order chi connectivity index (χ1) is 6.06. The maximum atomic E-state index is 11.3. The van der Waals surface area contributed by atoms with Gasteiger partial charge in [-0.25, -0.2) is 5.06 Å². The van der Waals surface area contributed by atoms with E-state index in [1.807, 2.05) is 0 Å². The minimum atomic E-state index is -0.482.